The van der Waals surface area contributed by atoms with E-state index in [2.05, 4.69) is 20.8 Å². The van der Waals surface area contributed by atoms with Crippen LogP contribution in [0.15, 0.2) is 0 Å². The van der Waals surface area contributed by atoms with Crippen molar-refractivity contribution >= 4 is 23.9 Å². The molecule has 8 heteroatoms. The van der Waals surface area contributed by atoms with Crippen LogP contribution in [-0.4, -0.2) is 50.3 Å². The molecule has 1 aliphatic rings. The quantitative estimate of drug-likeness (QED) is 0.0342. The summed E-state index contributed by atoms with van der Waals surface area (Å²) in [5.41, 5.74) is -1.19. The van der Waals surface area contributed by atoms with Crippen molar-refractivity contribution in [3.8, 4) is 0 Å². The summed E-state index contributed by atoms with van der Waals surface area (Å²) in [6, 6.07) is 0. The van der Waals surface area contributed by atoms with Gasteiger partial charge in [0.25, 0.3) is 0 Å². The molecule has 8 nitrogen and oxygen atoms in total. The molecule has 0 spiro atoms. The lowest BCUT2D eigenvalue weighted by Gasteiger charge is -2.32. The van der Waals surface area contributed by atoms with Gasteiger partial charge in [-0.15, -0.1) is 0 Å². The van der Waals surface area contributed by atoms with Crippen LogP contribution in [0, 0.1) is 11.3 Å². The maximum atomic E-state index is 13.8. The van der Waals surface area contributed by atoms with Gasteiger partial charge in [-0.05, 0) is 32.1 Å². The average Bonchev–Trinajstić information content (AvgIpc) is 3.33. The summed E-state index contributed by atoms with van der Waals surface area (Å²) in [5, 5.41) is 0. The lowest BCUT2D eigenvalue weighted by Crippen LogP contribution is -2.44. The number of hydrogen-bond donors (Lipinski definition) is 0. The molecule has 358 valence electrons. The molecule has 0 amide bonds. The van der Waals surface area contributed by atoms with E-state index in [9.17, 15) is 19.2 Å². The monoisotopic (exact) mass is 863 g/mol. The summed E-state index contributed by atoms with van der Waals surface area (Å²) in [6.45, 7) is 6.08. The normalized spacial score (nSPS) is 14.3. The molecule has 0 heterocycles. The molecule has 0 aromatic carbocycles. The first kappa shape index (κ1) is 56.9. The van der Waals surface area contributed by atoms with E-state index in [1.807, 2.05) is 0 Å². The fourth-order valence-corrected chi connectivity index (χ4v) is 8.47. The Bertz CT molecular complexity index is 938. The number of rotatable bonds is 39. The standard InChI is InChI=1S/C53H98O8/c1-4-7-10-13-16-19-26-31-36-41-49(54)58-44-53(45-59-50(55)42-37-32-27-20-17-14-11-8-5-2,46-60-51(56)43-38-33-28-21-18-15-12-9-6-3)47-61-52(57)48-39-34-29-24-22-23-25-30-35-40-48/h48H,4-47H2,1-3H3. The minimum Gasteiger partial charge on any atom is -0.465 e. The van der Waals surface area contributed by atoms with Gasteiger partial charge in [-0.3, -0.25) is 19.2 Å². The first-order chi connectivity index (χ1) is 29.9. The average molecular weight is 863 g/mol. The van der Waals surface area contributed by atoms with Gasteiger partial charge in [0.1, 0.15) is 31.8 Å². The van der Waals surface area contributed by atoms with Gasteiger partial charge in [-0.25, -0.2) is 0 Å². The number of ether oxygens (including phenoxy) is 4. The van der Waals surface area contributed by atoms with Crippen molar-refractivity contribution in [2.75, 3.05) is 26.4 Å². The zero-order chi connectivity index (χ0) is 44.3. The Kier molecular flexibility index (Phi) is 39.0. The third-order valence-corrected chi connectivity index (χ3v) is 12.8. The molecule has 0 N–H and O–H groups in total. The molecule has 1 aliphatic carbocycles. The molecular formula is C53H98O8. The van der Waals surface area contributed by atoms with Gasteiger partial charge in [-0.2, -0.15) is 0 Å². The van der Waals surface area contributed by atoms with Gasteiger partial charge in [0.2, 0.25) is 0 Å². The van der Waals surface area contributed by atoms with E-state index in [-0.39, 0.29) is 56.2 Å². The van der Waals surface area contributed by atoms with E-state index in [0.29, 0.717) is 19.3 Å². The van der Waals surface area contributed by atoms with Crippen LogP contribution in [0.4, 0.5) is 0 Å². The lowest BCUT2D eigenvalue weighted by atomic mass is 9.91. The number of carbonyl (C=O) groups excluding carboxylic acids is 4. The predicted molar refractivity (Wildman–Crippen MR) is 251 cm³/mol. The molecule has 0 aromatic heterocycles. The molecule has 0 radical (unpaired) electrons. The van der Waals surface area contributed by atoms with Crippen LogP contribution in [-0.2, 0) is 38.1 Å². The Morgan fingerprint density at radius 1 is 0.344 bits per heavy atom. The second-order valence-electron chi connectivity index (χ2n) is 18.9. The fourth-order valence-electron chi connectivity index (χ4n) is 8.47. The fraction of sp³-hybridized carbons (Fsp3) is 0.925. The number of esters is 4. The zero-order valence-electron chi connectivity index (χ0n) is 40.5. The topological polar surface area (TPSA) is 105 Å². The Morgan fingerprint density at radius 2 is 0.590 bits per heavy atom. The van der Waals surface area contributed by atoms with E-state index in [0.717, 1.165) is 96.3 Å². The maximum Gasteiger partial charge on any atom is 0.308 e. The van der Waals surface area contributed by atoms with Crippen LogP contribution in [0.5, 0.6) is 0 Å². The number of unbranched alkanes of at least 4 members (excludes halogenated alkanes) is 24. The predicted octanol–water partition coefficient (Wildman–Crippen LogP) is 15.4. The maximum absolute atomic E-state index is 13.8. The lowest BCUT2D eigenvalue weighted by molar-refractivity contribution is -0.172. The molecule has 0 unspecified atom stereocenters. The van der Waals surface area contributed by atoms with Crippen molar-refractivity contribution < 1.29 is 38.1 Å². The summed E-state index contributed by atoms with van der Waals surface area (Å²) >= 11 is 0. The summed E-state index contributed by atoms with van der Waals surface area (Å²) < 4.78 is 23.8. The molecule has 1 rings (SSSR count). The zero-order valence-corrected chi connectivity index (χ0v) is 40.5. The van der Waals surface area contributed by atoms with Crippen molar-refractivity contribution in [1.82, 2.24) is 0 Å². The summed E-state index contributed by atoms with van der Waals surface area (Å²) in [4.78, 5) is 53.3. The van der Waals surface area contributed by atoms with Crippen molar-refractivity contribution in [2.24, 2.45) is 11.3 Å². The molecule has 0 aromatic rings. The Labute approximate surface area is 376 Å². The second kappa shape index (κ2) is 41.9. The largest absolute Gasteiger partial charge is 0.465 e. The van der Waals surface area contributed by atoms with Crippen molar-refractivity contribution in [1.29, 1.82) is 0 Å². The highest BCUT2D eigenvalue weighted by Crippen LogP contribution is 2.27. The van der Waals surface area contributed by atoms with E-state index in [1.165, 1.54) is 141 Å². The third-order valence-electron chi connectivity index (χ3n) is 12.8. The van der Waals surface area contributed by atoms with E-state index in [1.54, 1.807) is 0 Å². The smallest absolute Gasteiger partial charge is 0.308 e. The van der Waals surface area contributed by atoms with Crippen LogP contribution in [0.3, 0.4) is 0 Å². The Balaban J connectivity index is 2.98. The molecule has 1 fully saturated rings. The summed E-state index contributed by atoms with van der Waals surface area (Å²) in [5.74, 6) is -1.45. The van der Waals surface area contributed by atoms with Crippen LogP contribution >= 0.6 is 0 Å². The van der Waals surface area contributed by atoms with Gasteiger partial charge < -0.3 is 18.9 Å². The van der Waals surface area contributed by atoms with E-state index in [4.69, 9.17) is 18.9 Å². The van der Waals surface area contributed by atoms with Crippen LogP contribution < -0.4 is 0 Å². The van der Waals surface area contributed by atoms with Crippen molar-refractivity contribution in [3.05, 3.63) is 0 Å². The highest BCUT2D eigenvalue weighted by molar-refractivity contribution is 5.72. The summed E-state index contributed by atoms with van der Waals surface area (Å²) in [7, 11) is 0. The highest BCUT2D eigenvalue weighted by atomic mass is 16.6. The number of carbonyl (C=O) groups is 4. The minimum absolute atomic E-state index is 0.149. The Hall–Kier alpha value is -2.12. The van der Waals surface area contributed by atoms with Gasteiger partial charge in [0.15, 0.2) is 0 Å². The molecule has 0 aliphatic heterocycles. The van der Waals surface area contributed by atoms with Crippen molar-refractivity contribution in [2.45, 2.75) is 278 Å². The molecular weight excluding hydrogens is 765 g/mol. The first-order valence-electron chi connectivity index (χ1n) is 26.5. The minimum atomic E-state index is -1.19. The van der Waals surface area contributed by atoms with Gasteiger partial charge >= 0.3 is 23.9 Å². The summed E-state index contributed by atoms with van der Waals surface area (Å²) in [6.07, 6.45) is 42.7. The molecule has 0 saturated heterocycles. The van der Waals surface area contributed by atoms with Crippen LogP contribution in [0.25, 0.3) is 0 Å². The van der Waals surface area contributed by atoms with Gasteiger partial charge in [-0.1, -0.05) is 226 Å². The molecule has 1 saturated carbocycles. The highest BCUT2D eigenvalue weighted by Gasteiger charge is 2.38. The number of hydrogen-bond acceptors (Lipinski definition) is 8. The van der Waals surface area contributed by atoms with E-state index < -0.39 is 5.41 Å². The molecule has 0 atom stereocenters. The molecule has 61 heavy (non-hydrogen) atoms. The SMILES string of the molecule is CCCCCCCCCCCC(=O)OCC(COC(=O)CCCCCCCCCCC)(COC(=O)CCCCCCCCCCC)COC(=O)C1CCCCCCCCCC1. The van der Waals surface area contributed by atoms with E-state index >= 15 is 0 Å². The third kappa shape index (κ3) is 35.0. The van der Waals surface area contributed by atoms with Crippen molar-refractivity contribution in [3.63, 3.8) is 0 Å². The van der Waals surface area contributed by atoms with Crippen LogP contribution in [0.2, 0.25) is 0 Å². The second-order valence-corrected chi connectivity index (χ2v) is 18.9. The molecule has 0 bridgehead atoms. The van der Waals surface area contributed by atoms with Crippen LogP contribution in [0.1, 0.15) is 278 Å². The Morgan fingerprint density at radius 3 is 0.885 bits per heavy atom. The van der Waals surface area contributed by atoms with Gasteiger partial charge in [0, 0.05) is 19.3 Å². The van der Waals surface area contributed by atoms with Gasteiger partial charge in [0.05, 0.1) is 5.92 Å². The first-order valence-corrected chi connectivity index (χ1v) is 26.5.